The summed E-state index contributed by atoms with van der Waals surface area (Å²) >= 11 is 6.84. The maximum atomic E-state index is 6.84. The van der Waals surface area contributed by atoms with Crippen molar-refractivity contribution in [1.29, 1.82) is 0 Å². The van der Waals surface area contributed by atoms with Gasteiger partial charge in [0.1, 0.15) is 11.5 Å². The Hall–Kier alpha value is -2.97. The molecule has 3 heteroatoms. The fraction of sp³-hybridized carbons (Fsp3) is 0.120. The summed E-state index contributed by atoms with van der Waals surface area (Å²) in [5.74, 6) is 2.14. The number of fused-ring (bicyclic) bond motifs is 1. The predicted molar refractivity (Wildman–Crippen MR) is 115 cm³/mol. The zero-order valence-electron chi connectivity index (χ0n) is 15.9. The number of para-hydroxylation sites is 1. The molecule has 140 valence electrons. The first-order valence-electron chi connectivity index (χ1n) is 9.15. The van der Waals surface area contributed by atoms with E-state index in [9.17, 15) is 0 Å². The number of ether oxygens (including phenoxy) is 2. The molecule has 3 aromatic carbocycles. The molecule has 0 fully saturated rings. The van der Waals surface area contributed by atoms with Gasteiger partial charge in [-0.05, 0) is 36.3 Å². The summed E-state index contributed by atoms with van der Waals surface area (Å²) in [6.07, 6.45) is 0. The number of hydrogen-bond acceptors (Lipinski definition) is 2. The number of allylic oxidation sites excluding steroid dienone is 2. The van der Waals surface area contributed by atoms with Gasteiger partial charge in [-0.2, -0.15) is 0 Å². The third-order valence-electron chi connectivity index (χ3n) is 5.03. The van der Waals surface area contributed by atoms with Gasteiger partial charge >= 0.3 is 0 Å². The summed E-state index contributed by atoms with van der Waals surface area (Å²) in [4.78, 5) is 0. The topological polar surface area (TPSA) is 18.5 Å². The van der Waals surface area contributed by atoms with Crippen LogP contribution in [0.2, 0.25) is 0 Å². The molecule has 4 rings (SSSR count). The summed E-state index contributed by atoms with van der Waals surface area (Å²) < 4.78 is 11.6. The molecule has 3 aromatic rings. The van der Waals surface area contributed by atoms with Crippen molar-refractivity contribution in [3.05, 3.63) is 112 Å². The highest BCUT2D eigenvalue weighted by Gasteiger charge is 2.29. The smallest absolute Gasteiger partial charge is 0.153 e. The van der Waals surface area contributed by atoms with Crippen LogP contribution in [0.1, 0.15) is 28.2 Å². The molecule has 1 aliphatic rings. The SMILES string of the molecule is C=C1C(Cl)=C(c2ccc(C)cc2)Oc2ccccc2C1c1ccc(OC)cc1. The molecule has 0 saturated carbocycles. The molecule has 1 atom stereocenters. The second kappa shape index (κ2) is 7.57. The van der Waals surface area contributed by atoms with Crippen molar-refractivity contribution >= 4 is 17.4 Å². The van der Waals surface area contributed by atoms with Gasteiger partial charge in [-0.3, -0.25) is 0 Å². The lowest BCUT2D eigenvalue weighted by atomic mass is 9.85. The lowest BCUT2D eigenvalue weighted by Crippen LogP contribution is -2.04. The molecule has 1 heterocycles. The molecule has 28 heavy (non-hydrogen) atoms. The van der Waals surface area contributed by atoms with Gasteiger partial charge in [-0.25, -0.2) is 0 Å². The first kappa shape index (κ1) is 18.4. The Morgan fingerprint density at radius 1 is 0.929 bits per heavy atom. The van der Waals surface area contributed by atoms with Crippen molar-refractivity contribution in [3.63, 3.8) is 0 Å². The molecule has 0 amide bonds. The monoisotopic (exact) mass is 388 g/mol. The highest BCUT2D eigenvalue weighted by atomic mass is 35.5. The fourth-order valence-corrected chi connectivity index (χ4v) is 3.75. The minimum Gasteiger partial charge on any atom is -0.497 e. The van der Waals surface area contributed by atoms with E-state index < -0.39 is 0 Å². The van der Waals surface area contributed by atoms with E-state index >= 15 is 0 Å². The van der Waals surface area contributed by atoms with E-state index in [0.29, 0.717) is 10.8 Å². The minimum atomic E-state index is -0.0995. The second-order valence-electron chi connectivity index (χ2n) is 6.88. The van der Waals surface area contributed by atoms with Crippen LogP contribution in [0.25, 0.3) is 5.76 Å². The van der Waals surface area contributed by atoms with Crippen LogP contribution in [-0.4, -0.2) is 7.11 Å². The Morgan fingerprint density at radius 3 is 2.29 bits per heavy atom. The van der Waals surface area contributed by atoms with Crippen LogP contribution < -0.4 is 9.47 Å². The summed E-state index contributed by atoms with van der Waals surface area (Å²) in [5, 5.41) is 0.542. The Balaban J connectivity index is 1.87. The number of aryl methyl sites for hydroxylation is 1. The van der Waals surface area contributed by atoms with Gasteiger partial charge in [0.2, 0.25) is 0 Å². The van der Waals surface area contributed by atoms with E-state index in [0.717, 1.165) is 33.8 Å². The van der Waals surface area contributed by atoms with Crippen LogP contribution in [0.5, 0.6) is 11.5 Å². The van der Waals surface area contributed by atoms with Crippen LogP contribution in [-0.2, 0) is 0 Å². The standard InChI is InChI=1S/C25H21ClO2/c1-16-8-10-19(11-9-16)25-24(26)17(2)23(18-12-14-20(27-3)15-13-18)21-6-4-5-7-22(21)28-25/h4-15,23H,2H2,1,3H3. The lowest BCUT2D eigenvalue weighted by molar-refractivity contribution is 0.414. The molecule has 0 spiro atoms. The fourth-order valence-electron chi connectivity index (χ4n) is 3.49. The number of benzene rings is 3. The zero-order valence-corrected chi connectivity index (χ0v) is 16.7. The van der Waals surface area contributed by atoms with E-state index in [1.165, 1.54) is 5.56 Å². The van der Waals surface area contributed by atoms with Crippen molar-refractivity contribution in [1.82, 2.24) is 0 Å². The molecule has 1 aliphatic heterocycles. The highest BCUT2D eigenvalue weighted by Crippen LogP contribution is 2.46. The number of hydrogen-bond donors (Lipinski definition) is 0. The lowest BCUT2D eigenvalue weighted by Gasteiger charge is -2.19. The van der Waals surface area contributed by atoms with E-state index in [-0.39, 0.29) is 5.92 Å². The number of rotatable bonds is 3. The number of halogens is 1. The van der Waals surface area contributed by atoms with E-state index in [2.05, 4.69) is 31.7 Å². The molecule has 0 radical (unpaired) electrons. The summed E-state index contributed by atoms with van der Waals surface area (Å²) in [6, 6.07) is 24.2. The van der Waals surface area contributed by atoms with Gasteiger partial charge in [-0.15, -0.1) is 0 Å². The Morgan fingerprint density at radius 2 is 1.61 bits per heavy atom. The van der Waals surface area contributed by atoms with Gasteiger partial charge in [0.25, 0.3) is 0 Å². The van der Waals surface area contributed by atoms with E-state index in [1.54, 1.807) is 7.11 Å². The number of methoxy groups -OCH3 is 1. The third kappa shape index (κ3) is 3.32. The van der Waals surface area contributed by atoms with Gasteiger partial charge < -0.3 is 9.47 Å². The minimum absolute atomic E-state index is 0.0995. The average molecular weight is 389 g/mol. The second-order valence-corrected chi connectivity index (χ2v) is 7.26. The molecule has 0 aliphatic carbocycles. The molecule has 0 N–H and O–H groups in total. The molecular weight excluding hydrogens is 368 g/mol. The van der Waals surface area contributed by atoms with E-state index in [4.69, 9.17) is 21.1 Å². The van der Waals surface area contributed by atoms with Crippen molar-refractivity contribution in [2.75, 3.05) is 7.11 Å². The maximum Gasteiger partial charge on any atom is 0.153 e. The molecule has 2 nitrogen and oxygen atoms in total. The van der Waals surface area contributed by atoms with Crippen molar-refractivity contribution in [3.8, 4) is 11.5 Å². The summed E-state index contributed by atoms with van der Waals surface area (Å²) in [6.45, 7) is 6.40. The first-order valence-corrected chi connectivity index (χ1v) is 9.53. The van der Waals surface area contributed by atoms with Crippen LogP contribution in [0.3, 0.4) is 0 Å². The average Bonchev–Trinajstić information content (AvgIpc) is 2.84. The predicted octanol–water partition coefficient (Wildman–Crippen LogP) is 6.69. The molecule has 0 bridgehead atoms. The largest absolute Gasteiger partial charge is 0.497 e. The highest BCUT2D eigenvalue weighted by molar-refractivity contribution is 6.35. The Labute approximate surface area is 170 Å². The Bertz CT molecular complexity index is 1050. The summed E-state index contributed by atoms with van der Waals surface area (Å²) in [7, 11) is 1.66. The van der Waals surface area contributed by atoms with Gasteiger partial charge in [0, 0.05) is 17.0 Å². The normalized spacial score (nSPS) is 16.2. The Kier molecular flexibility index (Phi) is 4.97. The quantitative estimate of drug-likeness (QED) is 0.497. The molecular formula is C25H21ClO2. The van der Waals surface area contributed by atoms with Gasteiger partial charge in [0.05, 0.1) is 12.1 Å². The van der Waals surface area contributed by atoms with E-state index in [1.807, 2.05) is 54.6 Å². The van der Waals surface area contributed by atoms with Crippen LogP contribution >= 0.6 is 11.6 Å². The molecule has 0 aromatic heterocycles. The van der Waals surface area contributed by atoms with Gasteiger partial charge in [-0.1, -0.05) is 78.3 Å². The van der Waals surface area contributed by atoms with Crippen LogP contribution in [0, 0.1) is 6.92 Å². The summed E-state index contributed by atoms with van der Waals surface area (Å²) in [5.41, 5.74) is 5.06. The van der Waals surface area contributed by atoms with Crippen molar-refractivity contribution in [2.24, 2.45) is 0 Å². The van der Waals surface area contributed by atoms with Crippen LogP contribution in [0.4, 0.5) is 0 Å². The van der Waals surface area contributed by atoms with Crippen molar-refractivity contribution < 1.29 is 9.47 Å². The molecule has 0 saturated heterocycles. The van der Waals surface area contributed by atoms with Crippen LogP contribution in [0.15, 0.2) is 90.0 Å². The third-order valence-corrected chi connectivity index (χ3v) is 5.45. The first-order chi connectivity index (χ1) is 13.6. The van der Waals surface area contributed by atoms with Gasteiger partial charge in [0.15, 0.2) is 5.76 Å². The molecule has 1 unspecified atom stereocenters. The zero-order chi connectivity index (χ0) is 19.7. The maximum absolute atomic E-state index is 6.84. The van der Waals surface area contributed by atoms with Crippen molar-refractivity contribution in [2.45, 2.75) is 12.8 Å².